The molecule has 7 atom stereocenters. The number of imidazole rings is 1. The lowest BCUT2D eigenvalue weighted by Crippen LogP contribution is -2.49. The average Bonchev–Trinajstić information content (AvgIpc) is 2.91. The molecule has 0 aromatic carbocycles. The second-order valence-electron chi connectivity index (χ2n) is 7.73. The number of anilines is 1. The Morgan fingerprint density at radius 3 is 2.44 bits per heavy atom. The molecule has 22 heteroatoms. The summed E-state index contributed by atoms with van der Waals surface area (Å²) in [4.78, 5) is 57.9. The van der Waals surface area contributed by atoms with Crippen molar-refractivity contribution in [3.05, 3.63) is 16.7 Å². The van der Waals surface area contributed by atoms with Crippen LogP contribution in [0.3, 0.4) is 0 Å². The molecule has 2 aliphatic rings. The van der Waals surface area contributed by atoms with Gasteiger partial charge in [-0.15, -0.1) is 0 Å². The summed E-state index contributed by atoms with van der Waals surface area (Å²) in [6.07, 6.45) is -1.73. The molecule has 1 aliphatic carbocycles. The summed E-state index contributed by atoms with van der Waals surface area (Å²) in [6.45, 7) is 0.190. The molecule has 2 aromatic heterocycles. The zero-order valence-electron chi connectivity index (χ0n) is 16.7. The predicted molar refractivity (Wildman–Crippen MR) is 106 cm³/mol. The first-order chi connectivity index (χ1) is 15.4. The van der Waals surface area contributed by atoms with E-state index in [2.05, 4.69) is 28.1 Å². The Bertz CT molecular complexity index is 1360. The van der Waals surface area contributed by atoms with E-state index in [1.165, 1.54) is 17.8 Å². The van der Waals surface area contributed by atoms with Gasteiger partial charge in [0.05, 0.1) is 19.0 Å². The number of phosphoric ester groups is 1. The van der Waals surface area contributed by atoms with Gasteiger partial charge in [0.1, 0.15) is 23.4 Å². The van der Waals surface area contributed by atoms with Crippen molar-refractivity contribution in [1.82, 2.24) is 19.5 Å². The molecule has 2 fully saturated rings. The van der Waals surface area contributed by atoms with Crippen LogP contribution < -0.4 is 11.3 Å². The third-order valence-corrected chi connectivity index (χ3v) is 8.98. The second kappa shape index (κ2) is 7.72. The van der Waals surface area contributed by atoms with E-state index in [9.17, 15) is 38.5 Å². The van der Waals surface area contributed by atoms with Gasteiger partial charge in [0.2, 0.25) is 5.95 Å². The number of nitrogens with one attached hydrogen (secondary N) is 1. The minimum atomic E-state index is -5.73. The Labute approximate surface area is 187 Å². The standard InChI is InChI=1S/C12H18N5O14P3/c1-11(2-28-33(24,25)31-34(26,27)30-32(21,22)23)9(19)12(20)5(6(12)29-11)17-3-14-4-7(17)15-10(13)16-8(4)18/h3,5-6,9,19-20H,2H2,1H3,(H,24,25)(H,26,27)(H2,21,22,23)(H3,13,15,16,18)/t5?,6-,9+,11+,12+/m0/s1. The van der Waals surface area contributed by atoms with Crippen LogP contribution in [0.5, 0.6) is 0 Å². The van der Waals surface area contributed by atoms with Crippen molar-refractivity contribution >= 4 is 40.6 Å². The molecule has 2 aromatic rings. The zero-order valence-corrected chi connectivity index (χ0v) is 19.4. The molecule has 19 nitrogen and oxygen atoms in total. The predicted octanol–water partition coefficient (Wildman–Crippen LogP) is -2.15. The average molecular weight is 549 g/mol. The zero-order chi connectivity index (χ0) is 25.5. The molecule has 1 saturated heterocycles. The minimum Gasteiger partial charge on any atom is -0.387 e. The van der Waals surface area contributed by atoms with Crippen LogP contribution in [0.2, 0.25) is 0 Å². The van der Waals surface area contributed by atoms with E-state index < -0.39 is 65.1 Å². The van der Waals surface area contributed by atoms with Gasteiger partial charge in [-0.05, 0) is 6.92 Å². The number of nitrogens with zero attached hydrogens (tertiary/aromatic N) is 3. The van der Waals surface area contributed by atoms with Gasteiger partial charge in [0, 0.05) is 0 Å². The lowest BCUT2D eigenvalue weighted by molar-refractivity contribution is -0.124. The number of hydrogen-bond donors (Lipinski definition) is 8. The van der Waals surface area contributed by atoms with Crippen molar-refractivity contribution in [3.8, 4) is 0 Å². The van der Waals surface area contributed by atoms with Crippen LogP contribution in [0, 0.1) is 0 Å². The largest absolute Gasteiger partial charge is 0.490 e. The van der Waals surface area contributed by atoms with E-state index in [0.717, 1.165) is 0 Å². The third kappa shape index (κ3) is 4.40. The quantitative estimate of drug-likeness (QED) is 0.163. The maximum atomic E-state index is 11.9. The molecule has 0 radical (unpaired) electrons. The number of aromatic nitrogens is 4. The fraction of sp³-hybridized carbons (Fsp3) is 0.583. The highest BCUT2D eigenvalue weighted by Crippen LogP contribution is 2.67. The van der Waals surface area contributed by atoms with Gasteiger partial charge in [0.25, 0.3) is 5.56 Å². The highest BCUT2D eigenvalue weighted by Gasteiger charge is 2.80. The maximum Gasteiger partial charge on any atom is 0.490 e. The molecule has 0 spiro atoms. The molecule has 4 rings (SSSR count). The summed E-state index contributed by atoms with van der Waals surface area (Å²) in [5, 5.41) is 21.7. The summed E-state index contributed by atoms with van der Waals surface area (Å²) < 4.78 is 52.6. The molecular weight excluding hydrogens is 531 g/mol. The van der Waals surface area contributed by atoms with Crippen LogP contribution in [0.15, 0.2) is 11.1 Å². The van der Waals surface area contributed by atoms with E-state index in [-0.39, 0.29) is 17.1 Å². The summed E-state index contributed by atoms with van der Waals surface area (Å²) in [7, 11) is -16.8. The van der Waals surface area contributed by atoms with Crippen LogP contribution in [0.1, 0.15) is 13.0 Å². The number of phosphoric acid groups is 3. The van der Waals surface area contributed by atoms with Gasteiger partial charge in [-0.2, -0.15) is 13.6 Å². The first-order valence-electron chi connectivity index (χ1n) is 8.97. The first kappa shape index (κ1) is 25.5. The monoisotopic (exact) mass is 549 g/mol. The van der Waals surface area contributed by atoms with E-state index in [1.54, 1.807) is 0 Å². The van der Waals surface area contributed by atoms with Crippen molar-refractivity contribution < 1.29 is 61.4 Å². The summed E-state index contributed by atoms with van der Waals surface area (Å²) in [5.74, 6) is -0.223. The molecule has 34 heavy (non-hydrogen) atoms. The number of ether oxygens (including phenoxy) is 1. The number of aliphatic hydroxyl groups excluding tert-OH is 1. The molecule has 0 amide bonds. The number of aliphatic hydroxyl groups is 2. The second-order valence-corrected chi connectivity index (χ2v) is 12.1. The van der Waals surface area contributed by atoms with E-state index >= 15 is 0 Å². The van der Waals surface area contributed by atoms with Crippen LogP contribution in [0.25, 0.3) is 11.2 Å². The molecule has 3 heterocycles. The molecule has 1 aliphatic heterocycles. The number of H-pyrrole nitrogens is 1. The first-order valence-corrected chi connectivity index (χ1v) is 13.5. The Balaban J connectivity index is 1.48. The van der Waals surface area contributed by atoms with Crippen molar-refractivity contribution in [2.24, 2.45) is 0 Å². The Morgan fingerprint density at radius 1 is 1.24 bits per heavy atom. The Morgan fingerprint density at radius 2 is 1.88 bits per heavy atom. The lowest BCUT2D eigenvalue weighted by Gasteiger charge is -2.32. The number of fused-ring (bicyclic) bond motifs is 2. The summed E-state index contributed by atoms with van der Waals surface area (Å²) in [6, 6.07) is -0.985. The topological polar surface area (TPSA) is 299 Å². The fourth-order valence-corrected chi connectivity index (χ4v) is 6.92. The number of nitrogens with two attached hydrogens (primary N) is 1. The molecule has 3 unspecified atom stereocenters. The Hall–Kier alpha value is -1.56. The van der Waals surface area contributed by atoms with Crippen molar-refractivity contribution in [3.63, 3.8) is 0 Å². The van der Waals surface area contributed by atoms with Crippen molar-refractivity contribution in [2.75, 3.05) is 12.3 Å². The van der Waals surface area contributed by atoms with Gasteiger partial charge in [-0.1, -0.05) is 0 Å². The fourth-order valence-electron chi connectivity index (χ4n) is 3.81. The normalized spacial score (nSPS) is 34.5. The maximum absolute atomic E-state index is 11.9. The van der Waals surface area contributed by atoms with E-state index in [1.807, 2.05) is 0 Å². The van der Waals surface area contributed by atoms with E-state index in [4.69, 9.17) is 20.3 Å². The van der Waals surface area contributed by atoms with E-state index in [0.29, 0.717) is 0 Å². The van der Waals surface area contributed by atoms with Crippen LogP contribution in [-0.2, 0) is 31.6 Å². The summed E-state index contributed by atoms with van der Waals surface area (Å²) in [5.41, 5.74) is 0.958. The van der Waals surface area contributed by atoms with Crippen LogP contribution in [-0.4, -0.2) is 79.3 Å². The number of aromatic amines is 1. The van der Waals surface area contributed by atoms with Gasteiger partial charge in [-0.3, -0.25) is 14.3 Å². The van der Waals surface area contributed by atoms with Crippen molar-refractivity contribution in [1.29, 1.82) is 0 Å². The number of hydrogen-bond acceptors (Lipinski definition) is 13. The smallest absolute Gasteiger partial charge is 0.387 e. The van der Waals surface area contributed by atoms with Gasteiger partial charge in [0.15, 0.2) is 11.2 Å². The Kier molecular flexibility index (Phi) is 5.79. The van der Waals surface area contributed by atoms with Gasteiger partial charge in [-0.25, -0.2) is 18.7 Å². The van der Waals surface area contributed by atoms with Crippen LogP contribution in [0.4, 0.5) is 5.95 Å². The highest BCUT2D eigenvalue weighted by atomic mass is 31.3. The van der Waals surface area contributed by atoms with Gasteiger partial charge >= 0.3 is 23.5 Å². The molecule has 9 N–H and O–H groups in total. The molecule has 0 bridgehead atoms. The molecular formula is C12H18N5O14P3. The van der Waals surface area contributed by atoms with Crippen LogP contribution >= 0.6 is 23.5 Å². The summed E-state index contributed by atoms with van der Waals surface area (Å²) >= 11 is 0. The SMILES string of the molecule is C[C@]1(COP(=O)(O)OP(=O)(O)OP(=O)(O)O)O[C@H]2C(n3cnc4c(=O)[nH]c(N)nc43)[C@]2(O)[C@@H]1O. The molecule has 190 valence electrons. The number of nitrogen functional groups attached to an aromatic ring is 1. The third-order valence-electron chi connectivity index (χ3n) is 5.20. The minimum absolute atomic E-state index is 0.000147. The number of rotatable bonds is 8. The molecule has 1 saturated carbocycles. The lowest BCUT2D eigenvalue weighted by atomic mass is 9.95. The van der Waals surface area contributed by atoms with Crippen molar-refractivity contribution in [2.45, 2.75) is 36.4 Å². The highest BCUT2D eigenvalue weighted by molar-refractivity contribution is 7.66. The van der Waals surface area contributed by atoms with Gasteiger partial charge < -0.3 is 44.8 Å².